The molecule has 2 saturated heterocycles. The third-order valence-electron chi connectivity index (χ3n) is 5.50. The maximum Gasteiger partial charge on any atom is 0.228 e. The molecular formula is C20H28N2O2. The van der Waals surface area contributed by atoms with Gasteiger partial charge in [0.25, 0.3) is 0 Å². The summed E-state index contributed by atoms with van der Waals surface area (Å²) in [6.45, 7) is 7.61. The molecule has 0 aromatic heterocycles. The lowest BCUT2D eigenvalue weighted by atomic mass is 9.97. The van der Waals surface area contributed by atoms with Crippen LogP contribution in [0.3, 0.4) is 0 Å². The molecule has 24 heavy (non-hydrogen) atoms. The average molecular weight is 328 g/mol. The molecule has 0 bridgehead atoms. The number of nitrogens with zero attached hydrogens (tertiary/aromatic N) is 2. The third-order valence-corrected chi connectivity index (χ3v) is 5.50. The smallest absolute Gasteiger partial charge is 0.228 e. The molecule has 4 heteroatoms. The van der Waals surface area contributed by atoms with E-state index in [4.69, 9.17) is 0 Å². The van der Waals surface area contributed by atoms with Gasteiger partial charge in [0.05, 0.1) is 5.92 Å². The number of likely N-dealkylation sites (tertiary alicyclic amines) is 1. The van der Waals surface area contributed by atoms with E-state index < -0.39 is 0 Å². The first kappa shape index (κ1) is 17.0. The lowest BCUT2D eigenvalue weighted by molar-refractivity contribution is -0.139. The molecule has 0 spiro atoms. The Morgan fingerprint density at radius 2 is 2.04 bits per heavy atom. The Balaban J connectivity index is 1.75. The topological polar surface area (TPSA) is 40.6 Å². The molecule has 0 N–H and O–H groups in total. The van der Waals surface area contributed by atoms with Crippen molar-refractivity contribution in [3.05, 3.63) is 29.3 Å². The largest absolute Gasteiger partial charge is 0.339 e. The van der Waals surface area contributed by atoms with Crippen molar-refractivity contribution in [2.45, 2.75) is 58.9 Å². The van der Waals surface area contributed by atoms with Crippen LogP contribution in [0.1, 0.15) is 50.2 Å². The van der Waals surface area contributed by atoms with Crippen LogP contribution in [0.5, 0.6) is 0 Å². The second kappa shape index (κ2) is 6.96. The van der Waals surface area contributed by atoms with Gasteiger partial charge in [-0.05, 0) is 51.2 Å². The van der Waals surface area contributed by atoms with Crippen LogP contribution < -0.4 is 4.90 Å². The molecule has 3 rings (SSSR count). The first-order valence-electron chi connectivity index (χ1n) is 9.19. The Bertz CT molecular complexity index is 641. The molecule has 130 valence electrons. The van der Waals surface area contributed by atoms with Gasteiger partial charge in [-0.15, -0.1) is 0 Å². The summed E-state index contributed by atoms with van der Waals surface area (Å²) >= 11 is 0. The van der Waals surface area contributed by atoms with Gasteiger partial charge >= 0.3 is 0 Å². The van der Waals surface area contributed by atoms with E-state index in [1.54, 1.807) is 0 Å². The molecule has 0 aliphatic carbocycles. The fraction of sp³-hybridized carbons (Fsp3) is 0.600. The molecule has 2 unspecified atom stereocenters. The van der Waals surface area contributed by atoms with E-state index in [2.05, 4.69) is 19.9 Å². The summed E-state index contributed by atoms with van der Waals surface area (Å²) in [7, 11) is 0. The van der Waals surface area contributed by atoms with E-state index in [0.29, 0.717) is 19.0 Å². The Labute approximate surface area is 144 Å². The van der Waals surface area contributed by atoms with Crippen molar-refractivity contribution in [2.24, 2.45) is 5.92 Å². The molecule has 1 aromatic carbocycles. The zero-order valence-corrected chi connectivity index (χ0v) is 15.0. The highest BCUT2D eigenvalue weighted by Crippen LogP contribution is 2.31. The van der Waals surface area contributed by atoms with Gasteiger partial charge in [0.1, 0.15) is 0 Å². The number of carbonyl (C=O) groups is 2. The molecule has 0 saturated carbocycles. The Kier molecular flexibility index (Phi) is 4.93. The number of hydrogen-bond donors (Lipinski definition) is 0. The zero-order valence-electron chi connectivity index (χ0n) is 15.0. The number of piperidine rings is 1. The lowest BCUT2D eigenvalue weighted by Gasteiger charge is -2.36. The van der Waals surface area contributed by atoms with Gasteiger partial charge in [-0.25, -0.2) is 0 Å². The van der Waals surface area contributed by atoms with Gasteiger partial charge in [-0.3, -0.25) is 9.59 Å². The predicted molar refractivity (Wildman–Crippen MR) is 96.0 cm³/mol. The quantitative estimate of drug-likeness (QED) is 0.853. The summed E-state index contributed by atoms with van der Waals surface area (Å²) in [5, 5.41) is 0. The molecular weight excluding hydrogens is 300 g/mol. The first-order chi connectivity index (χ1) is 11.5. The zero-order chi connectivity index (χ0) is 17.3. The normalized spacial score (nSPS) is 24.5. The van der Waals surface area contributed by atoms with E-state index in [1.165, 1.54) is 12.0 Å². The molecule has 2 heterocycles. The Hall–Kier alpha value is -1.84. The maximum absolute atomic E-state index is 13.0. The van der Waals surface area contributed by atoms with Crippen molar-refractivity contribution in [1.82, 2.24) is 4.90 Å². The average Bonchev–Trinajstić information content (AvgIpc) is 2.96. The summed E-state index contributed by atoms with van der Waals surface area (Å²) in [4.78, 5) is 29.4. The van der Waals surface area contributed by atoms with Crippen molar-refractivity contribution in [2.75, 3.05) is 18.0 Å². The number of hydrogen-bond acceptors (Lipinski definition) is 2. The molecule has 2 aliphatic heterocycles. The van der Waals surface area contributed by atoms with E-state index in [-0.39, 0.29) is 17.7 Å². The summed E-state index contributed by atoms with van der Waals surface area (Å²) in [6, 6.07) is 6.49. The van der Waals surface area contributed by atoms with Gasteiger partial charge in [-0.1, -0.05) is 24.6 Å². The van der Waals surface area contributed by atoms with E-state index >= 15 is 0 Å². The minimum absolute atomic E-state index is 0.0744. The molecule has 2 aliphatic rings. The number of anilines is 1. The lowest BCUT2D eigenvalue weighted by Crippen LogP contribution is -2.46. The van der Waals surface area contributed by atoms with E-state index in [0.717, 1.165) is 37.1 Å². The second-order valence-corrected chi connectivity index (χ2v) is 7.28. The number of benzene rings is 1. The highest BCUT2D eigenvalue weighted by molar-refractivity contribution is 6.00. The highest BCUT2D eigenvalue weighted by Gasteiger charge is 2.39. The van der Waals surface area contributed by atoms with Gasteiger partial charge in [-0.2, -0.15) is 0 Å². The van der Waals surface area contributed by atoms with Crippen molar-refractivity contribution < 1.29 is 9.59 Å². The van der Waals surface area contributed by atoms with Crippen LogP contribution in [-0.4, -0.2) is 35.8 Å². The third kappa shape index (κ3) is 3.19. The summed E-state index contributed by atoms with van der Waals surface area (Å²) in [5.74, 6) is 0.0675. The number of carbonyl (C=O) groups excluding carboxylic acids is 2. The number of amides is 2. The minimum Gasteiger partial charge on any atom is -0.339 e. The van der Waals surface area contributed by atoms with Crippen LogP contribution in [0.25, 0.3) is 0 Å². The fourth-order valence-electron chi connectivity index (χ4n) is 4.16. The van der Waals surface area contributed by atoms with Crippen LogP contribution in [0.2, 0.25) is 0 Å². The Morgan fingerprint density at radius 1 is 1.25 bits per heavy atom. The molecule has 1 aromatic rings. The number of aryl methyl sites for hydroxylation is 2. The maximum atomic E-state index is 13.0. The molecule has 2 amide bonds. The summed E-state index contributed by atoms with van der Waals surface area (Å²) in [6.07, 6.45) is 4.75. The van der Waals surface area contributed by atoms with Crippen LogP contribution >= 0.6 is 0 Å². The summed E-state index contributed by atoms with van der Waals surface area (Å²) in [5.41, 5.74) is 3.24. The Morgan fingerprint density at radius 3 is 2.75 bits per heavy atom. The minimum atomic E-state index is -0.189. The molecule has 4 nitrogen and oxygen atoms in total. The number of rotatable bonds is 3. The van der Waals surface area contributed by atoms with Crippen LogP contribution in [0, 0.1) is 19.8 Å². The molecule has 0 radical (unpaired) electrons. The van der Waals surface area contributed by atoms with Gasteiger partial charge in [0.15, 0.2) is 0 Å². The fourth-order valence-corrected chi connectivity index (χ4v) is 4.16. The van der Waals surface area contributed by atoms with Crippen LogP contribution in [0.4, 0.5) is 5.69 Å². The predicted octanol–water partition coefficient (Wildman–Crippen LogP) is 3.45. The van der Waals surface area contributed by atoms with E-state index in [1.807, 2.05) is 28.9 Å². The standard InChI is InChI=1S/C20H28N2O2/c1-4-17-7-5-6-10-21(17)20(24)16-12-19(23)22(13-16)18-9-8-14(2)11-15(18)3/h8-9,11,16-17H,4-7,10,12-13H2,1-3H3. The highest BCUT2D eigenvalue weighted by atomic mass is 16.2. The van der Waals surface area contributed by atoms with Gasteiger partial charge in [0.2, 0.25) is 11.8 Å². The van der Waals surface area contributed by atoms with Crippen LogP contribution in [-0.2, 0) is 9.59 Å². The van der Waals surface area contributed by atoms with Crippen LogP contribution in [0.15, 0.2) is 18.2 Å². The van der Waals surface area contributed by atoms with Crippen molar-refractivity contribution in [3.63, 3.8) is 0 Å². The van der Waals surface area contributed by atoms with Crippen molar-refractivity contribution >= 4 is 17.5 Å². The van der Waals surface area contributed by atoms with Crippen molar-refractivity contribution in [3.8, 4) is 0 Å². The first-order valence-corrected chi connectivity index (χ1v) is 9.19. The van der Waals surface area contributed by atoms with Crippen molar-refractivity contribution in [1.29, 1.82) is 0 Å². The van der Waals surface area contributed by atoms with Gasteiger partial charge in [0, 0.05) is 31.2 Å². The monoisotopic (exact) mass is 328 g/mol. The van der Waals surface area contributed by atoms with E-state index in [9.17, 15) is 9.59 Å². The second-order valence-electron chi connectivity index (χ2n) is 7.28. The summed E-state index contributed by atoms with van der Waals surface area (Å²) < 4.78 is 0. The van der Waals surface area contributed by atoms with Gasteiger partial charge < -0.3 is 9.80 Å². The SMILES string of the molecule is CCC1CCCCN1C(=O)C1CC(=O)N(c2ccc(C)cc2C)C1. The molecule has 2 atom stereocenters. The molecule has 2 fully saturated rings.